The minimum atomic E-state index is -4.79. The van der Waals surface area contributed by atoms with Crippen molar-refractivity contribution in [3.05, 3.63) is 23.8 Å². The van der Waals surface area contributed by atoms with Crippen molar-refractivity contribution in [1.82, 2.24) is 19.8 Å². The van der Waals surface area contributed by atoms with Crippen LogP contribution >= 0.6 is 0 Å². The van der Waals surface area contributed by atoms with E-state index in [0.717, 1.165) is 11.0 Å². The number of hydrogen-bond acceptors (Lipinski definition) is 3. The number of rotatable bonds is 4. The molecule has 0 atom stereocenters. The van der Waals surface area contributed by atoms with Crippen molar-refractivity contribution in [3.8, 4) is 0 Å². The van der Waals surface area contributed by atoms with Crippen LogP contribution in [-0.2, 0) is 6.18 Å². The van der Waals surface area contributed by atoms with Crippen LogP contribution < -0.4 is 5.32 Å². The standard InChI is InChI=1S/C14H17F3N4O3/c1-4-9-19-11(14(15,16)17)10(21(9)7(2)3)12(22)18-8-5-20(6-8)13(23)24/h4,7-8H,1,5-6H2,2-3H3,(H,18,22)(H,23,24). The van der Waals surface area contributed by atoms with Crippen molar-refractivity contribution in [2.75, 3.05) is 13.1 Å². The third-order valence-electron chi connectivity index (χ3n) is 3.61. The Hall–Kier alpha value is -2.52. The highest BCUT2D eigenvalue weighted by Crippen LogP contribution is 2.33. The minimum absolute atomic E-state index is 0.0343. The average molecular weight is 346 g/mol. The molecule has 0 aromatic carbocycles. The van der Waals surface area contributed by atoms with E-state index >= 15 is 0 Å². The number of carbonyl (C=O) groups excluding carboxylic acids is 1. The summed E-state index contributed by atoms with van der Waals surface area (Å²) in [5, 5.41) is 11.2. The highest BCUT2D eigenvalue weighted by atomic mass is 19.4. The summed E-state index contributed by atoms with van der Waals surface area (Å²) in [5.41, 5.74) is -1.88. The molecule has 1 aliphatic rings. The zero-order valence-corrected chi connectivity index (χ0v) is 13.1. The molecule has 7 nitrogen and oxygen atoms in total. The summed E-state index contributed by atoms with van der Waals surface area (Å²) in [4.78, 5) is 27.6. The lowest BCUT2D eigenvalue weighted by Crippen LogP contribution is -2.60. The molecule has 132 valence electrons. The lowest BCUT2D eigenvalue weighted by Gasteiger charge is -2.37. The first-order chi connectivity index (χ1) is 11.1. The van der Waals surface area contributed by atoms with Crippen molar-refractivity contribution in [2.45, 2.75) is 32.1 Å². The molecule has 1 aliphatic heterocycles. The molecule has 1 aromatic heterocycles. The van der Waals surface area contributed by atoms with Crippen molar-refractivity contribution in [3.63, 3.8) is 0 Å². The van der Waals surface area contributed by atoms with E-state index < -0.39 is 41.6 Å². The molecule has 2 amide bonds. The first-order valence-electron chi connectivity index (χ1n) is 7.16. The average Bonchev–Trinajstić information content (AvgIpc) is 2.81. The number of nitrogens with one attached hydrogen (secondary N) is 1. The molecule has 1 fully saturated rings. The number of nitrogens with zero attached hydrogens (tertiary/aromatic N) is 3. The maximum absolute atomic E-state index is 13.2. The zero-order valence-electron chi connectivity index (χ0n) is 13.1. The van der Waals surface area contributed by atoms with Crippen LogP contribution in [0.4, 0.5) is 18.0 Å². The fraction of sp³-hybridized carbons (Fsp3) is 0.500. The number of amides is 2. The zero-order chi connectivity index (χ0) is 18.2. The maximum atomic E-state index is 13.2. The van der Waals surface area contributed by atoms with Gasteiger partial charge in [-0.1, -0.05) is 6.58 Å². The van der Waals surface area contributed by atoms with Gasteiger partial charge in [0.1, 0.15) is 11.5 Å². The van der Waals surface area contributed by atoms with Gasteiger partial charge in [-0.05, 0) is 19.9 Å². The van der Waals surface area contributed by atoms with Gasteiger partial charge in [0.15, 0.2) is 5.69 Å². The number of carbonyl (C=O) groups is 2. The Morgan fingerprint density at radius 3 is 2.42 bits per heavy atom. The van der Waals surface area contributed by atoms with Crippen molar-refractivity contribution < 1.29 is 27.9 Å². The van der Waals surface area contributed by atoms with Gasteiger partial charge in [0.25, 0.3) is 5.91 Å². The monoisotopic (exact) mass is 346 g/mol. The van der Waals surface area contributed by atoms with Crippen molar-refractivity contribution in [2.24, 2.45) is 0 Å². The number of hydrogen-bond donors (Lipinski definition) is 2. The van der Waals surface area contributed by atoms with Gasteiger partial charge in [-0.15, -0.1) is 0 Å². The van der Waals surface area contributed by atoms with Crippen LogP contribution in [0.2, 0.25) is 0 Å². The van der Waals surface area contributed by atoms with Crippen LogP contribution in [0.1, 0.15) is 41.9 Å². The van der Waals surface area contributed by atoms with Gasteiger partial charge in [-0.25, -0.2) is 9.78 Å². The van der Waals surface area contributed by atoms with Gasteiger partial charge >= 0.3 is 12.3 Å². The Kier molecular flexibility index (Phi) is 4.59. The Morgan fingerprint density at radius 1 is 1.42 bits per heavy atom. The predicted octanol–water partition coefficient (Wildman–Crippen LogP) is 2.22. The van der Waals surface area contributed by atoms with E-state index in [2.05, 4.69) is 16.9 Å². The largest absolute Gasteiger partial charge is 0.465 e. The number of carboxylic acid groups (broad SMARTS) is 1. The van der Waals surface area contributed by atoms with E-state index in [4.69, 9.17) is 5.11 Å². The molecule has 10 heteroatoms. The quantitative estimate of drug-likeness (QED) is 0.875. The Bertz CT molecular complexity index is 676. The topological polar surface area (TPSA) is 87.5 Å². The van der Waals surface area contributed by atoms with Gasteiger partial charge < -0.3 is 19.9 Å². The van der Waals surface area contributed by atoms with Crippen molar-refractivity contribution >= 4 is 18.1 Å². The fourth-order valence-electron chi connectivity index (χ4n) is 2.51. The molecule has 0 aliphatic carbocycles. The summed E-state index contributed by atoms with van der Waals surface area (Å²) in [6.45, 7) is 6.75. The van der Waals surface area contributed by atoms with Crippen LogP contribution in [0, 0.1) is 0 Å². The SMILES string of the molecule is C=Cc1nc(C(F)(F)F)c(C(=O)NC2CN(C(=O)O)C2)n1C(C)C. The van der Waals surface area contributed by atoms with E-state index in [1.54, 1.807) is 13.8 Å². The third-order valence-corrected chi connectivity index (χ3v) is 3.61. The molecular formula is C14H17F3N4O3. The highest BCUT2D eigenvalue weighted by molar-refractivity contribution is 5.95. The Morgan fingerprint density at radius 2 is 2.00 bits per heavy atom. The number of halogens is 3. The molecule has 2 N–H and O–H groups in total. The summed E-state index contributed by atoms with van der Waals surface area (Å²) in [5.74, 6) is -0.991. The summed E-state index contributed by atoms with van der Waals surface area (Å²) < 4.78 is 40.8. The molecule has 24 heavy (non-hydrogen) atoms. The van der Waals surface area contributed by atoms with Gasteiger partial charge in [0.2, 0.25) is 0 Å². The molecule has 0 spiro atoms. The highest BCUT2D eigenvalue weighted by Gasteiger charge is 2.42. The molecule has 0 radical (unpaired) electrons. The smallest absolute Gasteiger partial charge is 0.435 e. The summed E-state index contributed by atoms with van der Waals surface area (Å²) in [6.07, 6.45) is -4.78. The van der Waals surface area contributed by atoms with Crippen LogP contribution in [0.3, 0.4) is 0 Å². The van der Waals surface area contributed by atoms with Crippen LogP contribution in [-0.4, -0.2) is 50.7 Å². The molecule has 0 bridgehead atoms. The summed E-state index contributed by atoms with van der Waals surface area (Å²) in [7, 11) is 0. The number of alkyl halides is 3. The third kappa shape index (κ3) is 3.22. The molecule has 0 saturated carbocycles. The van der Waals surface area contributed by atoms with Crippen molar-refractivity contribution in [1.29, 1.82) is 0 Å². The van der Waals surface area contributed by atoms with Gasteiger partial charge in [0, 0.05) is 19.1 Å². The second-order valence-corrected chi connectivity index (χ2v) is 5.69. The lowest BCUT2D eigenvalue weighted by atomic mass is 10.1. The number of imidazole rings is 1. The Labute approximate surface area is 135 Å². The second kappa shape index (κ2) is 6.17. The van der Waals surface area contributed by atoms with E-state index in [1.807, 2.05) is 0 Å². The van der Waals surface area contributed by atoms with Crippen LogP contribution in [0.15, 0.2) is 6.58 Å². The molecule has 1 aromatic rings. The normalized spacial score (nSPS) is 15.3. The fourth-order valence-corrected chi connectivity index (χ4v) is 2.51. The number of likely N-dealkylation sites (tertiary alicyclic amines) is 1. The van der Waals surface area contributed by atoms with Gasteiger partial charge in [-0.3, -0.25) is 4.79 Å². The maximum Gasteiger partial charge on any atom is 0.435 e. The number of aromatic nitrogens is 2. The molecule has 1 saturated heterocycles. The molecule has 2 heterocycles. The summed E-state index contributed by atoms with van der Waals surface area (Å²) in [6, 6.07) is -0.975. The molecule has 2 rings (SSSR count). The van der Waals surface area contributed by atoms with E-state index in [0.29, 0.717) is 0 Å². The molecular weight excluding hydrogens is 329 g/mol. The first-order valence-corrected chi connectivity index (χ1v) is 7.16. The Balaban J connectivity index is 2.33. The molecule has 0 unspecified atom stereocenters. The van der Waals surface area contributed by atoms with E-state index in [9.17, 15) is 22.8 Å². The summed E-state index contributed by atoms with van der Waals surface area (Å²) >= 11 is 0. The predicted molar refractivity (Wildman–Crippen MR) is 78.6 cm³/mol. The first kappa shape index (κ1) is 17.8. The van der Waals surface area contributed by atoms with Gasteiger partial charge in [0.05, 0.1) is 6.04 Å². The lowest BCUT2D eigenvalue weighted by molar-refractivity contribution is -0.141. The van der Waals surface area contributed by atoms with Gasteiger partial charge in [-0.2, -0.15) is 13.2 Å². The van der Waals surface area contributed by atoms with Crippen LogP contribution in [0.25, 0.3) is 6.08 Å². The minimum Gasteiger partial charge on any atom is -0.465 e. The van der Waals surface area contributed by atoms with Crippen LogP contribution in [0.5, 0.6) is 0 Å². The van der Waals surface area contributed by atoms with E-state index in [1.165, 1.54) is 4.57 Å². The second-order valence-electron chi connectivity index (χ2n) is 5.69. The van der Waals surface area contributed by atoms with E-state index in [-0.39, 0.29) is 18.9 Å².